The largest absolute Gasteiger partial charge is 0.481 e. The predicted molar refractivity (Wildman–Crippen MR) is 105 cm³/mol. The lowest BCUT2D eigenvalue weighted by molar-refractivity contribution is 0.391. The lowest BCUT2D eigenvalue weighted by atomic mass is 10.1. The smallest absolute Gasteiger partial charge is 0.213 e. The van der Waals surface area contributed by atoms with Crippen LogP contribution in [0.1, 0.15) is 30.1 Å². The molecule has 1 aliphatic rings. The second-order valence-electron chi connectivity index (χ2n) is 7.12. The molecule has 0 radical (unpaired) electrons. The van der Waals surface area contributed by atoms with E-state index in [2.05, 4.69) is 20.1 Å². The molecule has 0 aliphatic carbocycles. The average Bonchev–Trinajstić information content (AvgIpc) is 3.46. The van der Waals surface area contributed by atoms with Gasteiger partial charge in [0.25, 0.3) is 0 Å². The highest BCUT2D eigenvalue weighted by Crippen LogP contribution is 2.36. The fourth-order valence-corrected chi connectivity index (χ4v) is 3.83. The van der Waals surface area contributed by atoms with Gasteiger partial charge in [-0.2, -0.15) is 10.2 Å². The molecular formula is C20H20FN7O. The van der Waals surface area contributed by atoms with Crippen LogP contribution in [0.3, 0.4) is 0 Å². The Labute approximate surface area is 166 Å². The van der Waals surface area contributed by atoms with Crippen LogP contribution in [0.2, 0.25) is 0 Å². The molecule has 1 atom stereocenters. The summed E-state index contributed by atoms with van der Waals surface area (Å²) in [5.74, 6) is 0.833. The molecule has 4 aromatic heterocycles. The number of aryl methyl sites for hydroxylation is 1. The molecule has 5 heterocycles. The van der Waals surface area contributed by atoms with E-state index in [0.717, 1.165) is 36.5 Å². The molecule has 0 aromatic carbocycles. The van der Waals surface area contributed by atoms with Gasteiger partial charge in [0, 0.05) is 25.0 Å². The van der Waals surface area contributed by atoms with E-state index in [0.29, 0.717) is 17.2 Å². The molecule has 0 N–H and O–H groups in total. The van der Waals surface area contributed by atoms with Crippen LogP contribution in [0.25, 0.3) is 11.3 Å². The number of hydrogen-bond donors (Lipinski definition) is 0. The van der Waals surface area contributed by atoms with Gasteiger partial charge in [0.1, 0.15) is 23.0 Å². The van der Waals surface area contributed by atoms with Gasteiger partial charge in [-0.1, -0.05) is 0 Å². The molecule has 29 heavy (non-hydrogen) atoms. The highest BCUT2D eigenvalue weighted by atomic mass is 19.1. The third kappa shape index (κ3) is 2.98. The second kappa shape index (κ2) is 6.84. The van der Waals surface area contributed by atoms with Crippen molar-refractivity contribution in [2.45, 2.75) is 25.8 Å². The highest BCUT2D eigenvalue weighted by molar-refractivity contribution is 5.61. The van der Waals surface area contributed by atoms with Crippen molar-refractivity contribution in [1.29, 1.82) is 0 Å². The average molecular weight is 393 g/mol. The van der Waals surface area contributed by atoms with Crippen LogP contribution < -0.4 is 9.64 Å². The Hall–Kier alpha value is -3.49. The van der Waals surface area contributed by atoms with E-state index < -0.39 is 0 Å². The quantitative estimate of drug-likeness (QED) is 0.530. The molecule has 0 spiro atoms. The maximum absolute atomic E-state index is 14.5. The Morgan fingerprint density at radius 2 is 2.03 bits per heavy atom. The molecular weight excluding hydrogens is 373 g/mol. The van der Waals surface area contributed by atoms with Gasteiger partial charge in [-0.3, -0.25) is 0 Å². The van der Waals surface area contributed by atoms with Crippen LogP contribution in [-0.4, -0.2) is 43.0 Å². The molecule has 148 valence electrons. The minimum Gasteiger partial charge on any atom is -0.481 e. The topological polar surface area (TPSA) is 73.4 Å². The number of halogens is 1. The Morgan fingerprint density at radius 1 is 1.14 bits per heavy atom. The summed E-state index contributed by atoms with van der Waals surface area (Å²) in [6, 6.07) is 4.64. The summed E-state index contributed by atoms with van der Waals surface area (Å²) >= 11 is 0. The second-order valence-corrected chi connectivity index (χ2v) is 7.12. The highest BCUT2D eigenvalue weighted by Gasteiger charge is 2.31. The van der Waals surface area contributed by atoms with E-state index in [1.807, 2.05) is 25.4 Å². The molecule has 1 saturated heterocycles. The van der Waals surface area contributed by atoms with Gasteiger partial charge in [0.2, 0.25) is 5.88 Å². The van der Waals surface area contributed by atoms with Gasteiger partial charge >= 0.3 is 0 Å². The van der Waals surface area contributed by atoms with E-state index in [4.69, 9.17) is 9.72 Å². The maximum Gasteiger partial charge on any atom is 0.213 e. The van der Waals surface area contributed by atoms with Crippen LogP contribution in [0.15, 0.2) is 43.0 Å². The lowest BCUT2D eigenvalue weighted by Gasteiger charge is -2.25. The molecule has 0 amide bonds. The third-order valence-electron chi connectivity index (χ3n) is 5.21. The van der Waals surface area contributed by atoms with Crippen LogP contribution in [0.5, 0.6) is 5.88 Å². The van der Waals surface area contributed by atoms with Gasteiger partial charge in [-0.05, 0) is 37.5 Å². The zero-order chi connectivity index (χ0) is 20.0. The van der Waals surface area contributed by atoms with Crippen molar-refractivity contribution in [1.82, 2.24) is 29.4 Å². The van der Waals surface area contributed by atoms with Gasteiger partial charge in [-0.15, -0.1) is 0 Å². The third-order valence-corrected chi connectivity index (χ3v) is 5.21. The van der Waals surface area contributed by atoms with Crippen molar-refractivity contribution < 1.29 is 9.13 Å². The zero-order valence-corrected chi connectivity index (χ0v) is 16.2. The molecule has 0 saturated carbocycles. The van der Waals surface area contributed by atoms with Crippen molar-refractivity contribution >= 4 is 11.5 Å². The fourth-order valence-electron chi connectivity index (χ4n) is 3.83. The summed E-state index contributed by atoms with van der Waals surface area (Å²) in [6.45, 7) is 2.76. The molecule has 0 bridgehead atoms. The van der Waals surface area contributed by atoms with Crippen molar-refractivity contribution in [3.8, 4) is 11.6 Å². The first kappa shape index (κ1) is 17.6. The summed E-state index contributed by atoms with van der Waals surface area (Å²) < 4.78 is 23.2. The van der Waals surface area contributed by atoms with Crippen molar-refractivity contribution in [3.63, 3.8) is 0 Å². The van der Waals surface area contributed by atoms with Gasteiger partial charge in [0.05, 0.1) is 25.5 Å². The van der Waals surface area contributed by atoms with Crippen molar-refractivity contribution in [2.24, 2.45) is 0 Å². The minimum absolute atomic E-state index is 0.196. The SMILES string of the molecule is COc1ccc(F)c(C2CCCN2c2ccn3ncc(-n4cc(C)cn4)c3n2)n1. The van der Waals surface area contributed by atoms with Gasteiger partial charge in [0.15, 0.2) is 5.65 Å². The number of fused-ring (bicyclic) bond motifs is 1. The number of hydrogen-bond acceptors (Lipinski definition) is 6. The Kier molecular flexibility index (Phi) is 4.15. The molecule has 8 nitrogen and oxygen atoms in total. The summed E-state index contributed by atoms with van der Waals surface area (Å²) in [5, 5.41) is 8.74. The molecule has 9 heteroatoms. The number of nitrogens with zero attached hydrogens (tertiary/aromatic N) is 7. The number of anilines is 1. The first-order chi connectivity index (χ1) is 14.1. The van der Waals surface area contributed by atoms with Crippen LogP contribution in [0.4, 0.5) is 10.2 Å². The molecule has 1 fully saturated rings. The number of ether oxygens (including phenoxy) is 1. The van der Waals surface area contributed by atoms with Gasteiger partial charge < -0.3 is 9.64 Å². The number of rotatable bonds is 4. The fraction of sp³-hybridized carbons (Fsp3) is 0.300. The minimum atomic E-state index is -0.333. The standard InChI is InChI=1S/C20H20FN7O/c1-13-10-22-28(12-13)16-11-23-27-9-7-17(24-20(16)27)26-8-3-4-15(26)19-14(21)5-6-18(25-19)29-2/h5-7,9-12,15H,3-4,8H2,1-2H3. The summed E-state index contributed by atoms with van der Waals surface area (Å²) in [5.41, 5.74) is 2.93. The Balaban J connectivity index is 1.56. The summed E-state index contributed by atoms with van der Waals surface area (Å²) in [7, 11) is 1.53. The molecule has 1 aliphatic heterocycles. The normalized spacial score (nSPS) is 16.7. The van der Waals surface area contributed by atoms with E-state index >= 15 is 0 Å². The number of methoxy groups -OCH3 is 1. The number of pyridine rings is 1. The Morgan fingerprint density at radius 3 is 2.83 bits per heavy atom. The lowest BCUT2D eigenvalue weighted by Crippen LogP contribution is -2.25. The predicted octanol–water partition coefficient (Wildman–Crippen LogP) is 3.11. The Bertz CT molecular complexity index is 1180. The van der Waals surface area contributed by atoms with Crippen molar-refractivity contribution in [3.05, 3.63) is 60.1 Å². The first-order valence-electron chi connectivity index (χ1n) is 9.47. The summed E-state index contributed by atoms with van der Waals surface area (Å²) in [6.07, 6.45) is 9.06. The molecule has 4 aromatic rings. The van der Waals surface area contributed by atoms with Crippen LogP contribution >= 0.6 is 0 Å². The van der Waals surface area contributed by atoms with E-state index in [1.54, 1.807) is 21.6 Å². The summed E-state index contributed by atoms with van der Waals surface area (Å²) in [4.78, 5) is 11.3. The maximum atomic E-state index is 14.5. The first-order valence-corrected chi connectivity index (χ1v) is 9.47. The van der Waals surface area contributed by atoms with E-state index in [9.17, 15) is 4.39 Å². The molecule has 1 unspecified atom stereocenters. The van der Waals surface area contributed by atoms with E-state index in [-0.39, 0.29) is 11.9 Å². The van der Waals surface area contributed by atoms with Crippen molar-refractivity contribution in [2.75, 3.05) is 18.6 Å². The van der Waals surface area contributed by atoms with E-state index in [1.165, 1.54) is 19.2 Å². The van der Waals surface area contributed by atoms with Gasteiger partial charge in [-0.25, -0.2) is 23.6 Å². The molecule has 5 rings (SSSR count). The number of aromatic nitrogens is 6. The zero-order valence-electron chi connectivity index (χ0n) is 16.2. The van der Waals surface area contributed by atoms with Crippen LogP contribution in [0, 0.1) is 12.7 Å². The van der Waals surface area contributed by atoms with Crippen LogP contribution in [-0.2, 0) is 0 Å². The monoisotopic (exact) mass is 393 g/mol.